The summed E-state index contributed by atoms with van der Waals surface area (Å²) in [5, 5.41) is 5.27. The molecule has 1 heterocycles. The molecule has 0 aliphatic rings. The maximum absolute atomic E-state index is 12.2. The lowest BCUT2D eigenvalue weighted by Crippen LogP contribution is -2.21. The highest BCUT2D eigenvalue weighted by molar-refractivity contribution is 7.20. The monoisotopic (exact) mass is 362 g/mol. The Morgan fingerprint density at radius 3 is 2.12 bits per heavy atom. The van der Waals surface area contributed by atoms with Crippen LogP contribution in [-0.2, 0) is 4.74 Å². The molecule has 0 unspecified atom stereocenters. The van der Waals surface area contributed by atoms with Gasteiger partial charge in [-0.1, -0.05) is 11.3 Å². The van der Waals surface area contributed by atoms with Crippen LogP contribution in [0.3, 0.4) is 0 Å². The molecule has 0 fully saturated rings. The van der Waals surface area contributed by atoms with Gasteiger partial charge in [-0.05, 0) is 30.3 Å². The number of nitrogens with one attached hydrogen (secondary N) is 2. The van der Waals surface area contributed by atoms with Gasteiger partial charge in [-0.25, -0.2) is 9.59 Å². The number of amides is 4. The van der Waals surface area contributed by atoms with Crippen LogP contribution in [0, 0.1) is 0 Å². The Bertz CT molecular complexity index is 844. The quantitative estimate of drug-likeness (QED) is 0.592. The predicted molar refractivity (Wildman–Crippen MR) is 91.8 cm³/mol. The second-order valence-electron chi connectivity index (χ2n) is 4.73. The summed E-state index contributed by atoms with van der Waals surface area (Å²) >= 11 is 0.932. The summed E-state index contributed by atoms with van der Waals surface area (Å²) in [6.07, 6.45) is 0. The molecule has 1 aromatic heterocycles. The molecule has 0 aliphatic carbocycles. The van der Waals surface area contributed by atoms with Crippen molar-refractivity contribution in [1.29, 1.82) is 0 Å². The van der Waals surface area contributed by atoms with Gasteiger partial charge in [-0.2, -0.15) is 0 Å². The summed E-state index contributed by atoms with van der Waals surface area (Å²) in [4.78, 5) is 45.9. The van der Waals surface area contributed by atoms with Crippen LogP contribution < -0.4 is 22.1 Å². The van der Waals surface area contributed by atoms with Crippen LogP contribution >= 0.6 is 11.3 Å². The van der Waals surface area contributed by atoms with Crippen molar-refractivity contribution in [2.24, 2.45) is 11.5 Å². The highest BCUT2D eigenvalue weighted by atomic mass is 32.1. The number of carbonyl (C=O) groups excluding carboxylic acids is 4. The molecule has 0 saturated heterocycles. The fourth-order valence-corrected chi connectivity index (χ4v) is 2.86. The summed E-state index contributed by atoms with van der Waals surface area (Å²) in [7, 11) is 1.26. The Hall–Kier alpha value is -3.40. The third kappa shape index (κ3) is 4.32. The van der Waals surface area contributed by atoms with Crippen molar-refractivity contribution in [2.75, 3.05) is 17.7 Å². The van der Waals surface area contributed by atoms with Gasteiger partial charge in [0, 0.05) is 5.56 Å². The Balaban J connectivity index is 2.18. The number of thiophene rings is 1. The number of rotatable bonds is 5. The van der Waals surface area contributed by atoms with E-state index in [0.717, 1.165) is 11.3 Å². The molecule has 0 spiro atoms. The normalized spacial score (nSPS) is 9.96. The molecule has 2 rings (SSSR count). The number of ether oxygens (including phenoxy) is 1. The van der Waals surface area contributed by atoms with Gasteiger partial charge >= 0.3 is 12.0 Å². The fourth-order valence-electron chi connectivity index (χ4n) is 1.90. The van der Waals surface area contributed by atoms with E-state index in [-0.39, 0.29) is 16.1 Å². The minimum atomic E-state index is -0.861. The van der Waals surface area contributed by atoms with E-state index in [2.05, 4.69) is 15.4 Å². The highest BCUT2D eigenvalue weighted by Crippen LogP contribution is 2.32. The number of primary amides is 2. The molecule has 2 aromatic rings. The number of benzene rings is 1. The molecule has 10 heteroatoms. The first kappa shape index (κ1) is 17.9. The first-order chi connectivity index (χ1) is 11.8. The Kier molecular flexibility index (Phi) is 5.35. The summed E-state index contributed by atoms with van der Waals surface area (Å²) in [6, 6.07) is 6.27. The standard InChI is InChI=1S/C15H14N4O5S/c1-24-14(22)8-4-2-7(3-5-8)12(21)18-10-6-9(11(16)20)13(25-10)19-15(17)23/h2-6H,1H3,(H2,16,20)(H,18,21)(H3,17,19,23). The van der Waals surface area contributed by atoms with E-state index < -0.39 is 23.8 Å². The molecule has 130 valence electrons. The molecule has 0 aliphatic heterocycles. The summed E-state index contributed by atoms with van der Waals surface area (Å²) in [5.74, 6) is -1.76. The number of methoxy groups -OCH3 is 1. The summed E-state index contributed by atoms with van der Waals surface area (Å²) < 4.78 is 4.58. The van der Waals surface area contributed by atoms with Gasteiger partial charge in [-0.3, -0.25) is 14.9 Å². The topological polar surface area (TPSA) is 154 Å². The van der Waals surface area contributed by atoms with Crippen molar-refractivity contribution in [3.05, 3.63) is 47.0 Å². The molecule has 0 saturated carbocycles. The maximum Gasteiger partial charge on any atom is 0.337 e. The molecule has 1 aromatic carbocycles. The van der Waals surface area contributed by atoms with Gasteiger partial charge in [0.1, 0.15) is 5.00 Å². The van der Waals surface area contributed by atoms with E-state index in [1.807, 2.05) is 0 Å². The van der Waals surface area contributed by atoms with Crippen molar-refractivity contribution < 1.29 is 23.9 Å². The number of esters is 1. The van der Waals surface area contributed by atoms with Crippen LogP contribution in [0.5, 0.6) is 0 Å². The van der Waals surface area contributed by atoms with E-state index in [9.17, 15) is 19.2 Å². The summed E-state index contributed by atoms with van der Waals surface area (Å²) in [6.45, 7) is 0. The fraction of sp³-hybridized carbons (Fsp3) is 0.0667. The van der Waals surface area contributed by atoms with Gasteiger partial charge < -0.3 is 21.5 Å². The van der Waals surface area contributed by atoms with E-state index in [0.29, 0.717) is 10.6 Å². The summed E-state index contributed by atoms with van der Waals surface area (Å²) in [5.41, 5.74) is 10.9. The number of urea groups is 1. The Morgan fingerprint density at radius 1 is 1.00 bits per heavy atom. The van der Waals surface area contributed by atoms with Crippen LogP contribution in [0.4, 0.5) is 14.8 Å². The van der Waals surface area contributed by atoms with E-state index in [1.54, 1.807) is 0 Å². The van der Waals surface area contributed by atoms with Crippen LogP contribution in [0.25, 0.3) is 0 Å². The maximum atomic E-state index is 12.2. The number of hydrogen-bond donors (Lipinski definition) is 4. The molecule has 6 N–H and O–H groups in total. The zero-order valence-electron chi connectivity index (χ0n) is 13.0. The van der Waals surface area contributed by atoms with Gasteiger partial charge in [0.15, 0.2) is 0 Å². The first-order valence-corrected chi connectivity index (χ1v) is 7.63. The van der Waals surface area contributed by atoms with Gasteiger partial charge in [-0.15, -0.1) is 0 Å². The molecule has 0 atom stereocenters. The number of nitrogens with two attached hydrogens (primary N) is 2. The lowest BCUT2D eigenvalue weighted by atomic mass is 10.1. The van der Waals surface area contributed by atoms with Crippen LogP contribution in [0.15, 0.2) is 30.3 Å². The highest BCUT2D eigenvalue weighted by Gasteiger charge is 2.17. The van der Waals surface area contributed by atoms with E-state index in [4.69, 9.17) is 11.5 Å². The Morgan fingerprint density at radius 2 is 1.60 bits per heavy atom. The second-order valence-corrected chi connectivity index (χ2v) is 5.78. The van der Waals surface area contributed by atoms with E-state index >= 15 is 0 Å². The smallest absolute Gasteiger partial charge is 0.337 e. The zero-order chi connectivity index (χ0) is 18.6. The molecule has 0 radical (unpaired) electrons. The molecule has 25 heavy (non-hydrogen) atoms. The van der Waals surface area contributed by atoms with Crippen molar-refractivity contribution in [3.63, 3.8) is 0 Å². The predicted octanol–water partition coefficient (Wildman–Crippen LogP) is 1.38. The zero-order valence-corrected chi connectivity index (χ0v) is 13.8. The molecular weight excluding hydrogens is 348 g/mol. The van der Waals surface area contributed by atoms with Crippen molar-refractivity contribution in [3.8, 4) is 0 Å². The van der Waals surface area contributed by atoms with Crippen LogP contribution in [0.1, 0.15) is 31.1 Å². The number of carbonyl (C=O) groups is 4. The molecule has 0 bridgehead atoms. The largest absolute Gasteiger partial charge is 0.465 e. The molecular formula is C15H14N4O5S. The third-order valence-electron chi connectivity index (χ3n) is 3.04. The lowest BCUT2D eigenvalue weighted by molar-refractivity contribution is 0.0600. The average Bonchev–Trinajstić information content (AvgIpc) is 2.96. The molecule has 9 nitrogen and oxygen atoms in total. The lowest BCUT2D eigenvalue weighted by Gasteiger charge is -2.04. The van der Waals surface area contributed by atoms with Crippen molar-refractivity contribution >= 4 is 45.2 Å². The van der Waals surface area contributed by atoms with Gasteiger partial charge in [0.2, 0.25) is 0 Å². The van der Waals surface area contributed by atoms with Crippen LogP contribution in [-0.4, -0.2) is 30.9 Å². The number of anilines is 2. The first-order valence-electron chi connectivity index (χ1n) is 6.81. The van der Waals surface area contributed by atoms with Crippen molar-refractivity contribution in [1.82, 2.24) is 0 Å². The Labute approximate surface area is 145 Å². The SMILES string of the molecule is COC(=O)c1ccc(C(=O)Nc2cc(C(N)=O)c(NC(N)=O)s2)cc1. The minimum Gasteiger partial charge on any atom is -0.465 e. The average molecular weight is 362 g/mol. The molecule has 4 amide bonds. The van der Waals surface area contributed by atoms with Gasteiger partial charge in [0.05, 0.1) is 23.2 Å². The van der Waals surface area contributed by atoms with E-state index in [1.165, 1.54) is 37.4 Å². The van der Waals surface area contributed by atoms with Gasteiger partial charge in [0.25, 0.3) is 11.8 Å². The second kappa shape index (κ2) is 7.45. The number of hydrogen-bond acceptors (Lipinski definition) is 6. The van der Waals surface area contributed by atoms with Crippen molar-refractivity contribution in [2.45, 2.75) is 0 Å². The minimum absolute atomic E-state index is 0.0279. The third-order valence-corrected chi connectivity index (χ3v) is 4.01. The van der Waals surface area contributed by atoms with Crippen LogP contribution in [0.2, 0.25) is 0 Å².